The Kier molecular flexibility index (Phi) is 8.25. The van der Waals surface area contributed by atoms with Crippen LogP contribution in [0.3, 0.4) is 0 Å². The number of aromatic nitrogens is 1. The first-order valence-corrected chi connectivity index (χ1v) is 10.8. The van der Waals surface area contributed by atoms with Crippen molar-refractivity contribution in [2.45, 2.75) is 45.2 Å². The molecule has 6 heteroatoms. The number of methoxy groups -OCH3 is 1. The number of likely N-dealkylation sites (tertiary alicyclic amines) is 2. The van der Waals surface area contributed by atoms with E-state index in [1.165, 1.54) is 18.4 Å². The first-order chi connectivity index (χ1) is 13.7. The van der Waals surface area contributed by atoms with Gasteiger partial charge in [0.05, 0.1) is 12.5 Å². The molecule has 1 aromatic heterocycles. The Morgan fingerprint density at radius 1 is 1.21 bits per heavy atom. The van der Waals surface area contributed by atoms with E-state index < -0.39 is 0 Å². The van der Waals surface area contributed by atoms with Crippen LogP contribution in [-0.4, -0.2) is 84.6 Å². The number of nitrogens with zero attached hydrogens (tertiary/aromatic N) is 4. The van der Waals surface area contributed by atoms with Crippen LogP contribution in [0.4, 0.5) is 0 Å². The van der Waals surface area contributed by atoms with Gasteiger partial charge in [0.1, 0.15) is 0 Å². The number of likely N-dealkylation sites (N-methyl/N-ethyl adjacent to an activating group) is 1. The van der Waals surface area contributed by atoms with Gasteiger partial charge in [0.2, 0.25) is 5.91 Å². The molecule has 156 valence electrons. The van der Waals surface area contributed by atoms with E-state index in [-0.39, 0.29) is 5.92 Å². The Morgan fingerprint density at radius 3 is 2.64 bits per heavy atom. The fourth-order valence-electron chi connectivity index (χ4n) is 4.61. The topological polar surface area (TPSA) is 48.9 Å². The molecule has 2 fully saturated rings. The average Bonchev–Trinajstić information content (AvgIpc) is 2.75. The first kappa shape index (κ1) is 21.2. The molecule has 0 aliphatic carbocycles. The lowest BCUT2D eigenvalue weighted by molar-refractivity contribution is -0.138. The summed E-state index contributed by atoms with van der Waals surface area (Å²) in [4.78, 5) is 24.2. The summed E-state index contributed by atoms with van der Waals surface area (Å²) in [6.07, 6.45) is 8.31. The number of carbonyl (C=O) groups excluding carboxylic acids is 1. The van der Waals surface area contributed by atoms with Gasteiger partial charge < -0.3 is 9.64 Å². The highest BCUT2D eigenvalue weighted by Crippen LogP contribution is 2.25. The van der Waals surface area contributed by atoms with E-state index in [0.717, 1.165) is 52.1 Å². The molecule has 2 aliphatic heterocycles. The normalized spacial score (nSPS) is 22.3. The Balaban J connectivity index is 1.47. The summed E-state index contributed by atoms with van der Waals surface area (Å²) in [6, 6.07) is 4.84. The van der Waals surface area contributed by atoms with Crippen LogP contribution in [0.2, 0.25) is 0 Å². The van der Waals surface area contributed by atoms with E-state index in [9.17, 15) is 4.79 Å². The Morgan fingerprint density at radius 2 is 1.96 bits per heavy atom. The number of rotatable bonds is 8. The van der Waals surface area contributed by atoms with Crippen molar-refractivity contribution in [1.82, 2.24) is 19.7 Å². The van der Waals surface area contributed by atoms with Crippen LogP contribution >= 0.6 is 0 Å². The van der Waals surface area contributed by atoms with Crippen molar-refractivity contribution < 1.29 is 9.53 Å². The van der Waals surface area contributed by atoms with Gasteiger partial charge in [-0.1, -0.05) is 0 Å². The van der Waals surface area contributed by atoms with Crippen LogP contribution in [-0.2, 0) is 16.1 Å². The van der Waals surface area contributed by atoms with Crippen LogP contribution in [0.1, 0.15) is 38.2 Å². The highest BCUT2D eigenvalue weighted by atomic mass is 16.5. The van der Waals surface area contributed by atoms with E-state index in [1.54, 1.807) is 7.11 Å². The Bertz CT molecular complexity index is 589. The number of amides is 1. The highest BCUT2D eigenvalue weighted by molar-refractivity contribution is 5.79. The van der Waals surface area contributed by atoms with E-state index in [0.29, 0.717) is 25.1 Å². The van der Waals surface area contributed by atoms with Crippen LogP contribution < -0.4 is 0 Å². The van der Waals surface area contributed by atoms with Crippen LogP contribution in [0.5, 0.6) is 0 Å². The summed E-state index contributed by atoms with van der Waals surface area (Å²) >= 11 is 0. The zero-order valence-electron chi connectivity index (χ0n) is 17.6. The van der Waals surface area contributed by atoms with Crippen molar-refractivity contribution >= 4 is 5.91 Å². The van der Waals surface area contributed by atoms with Gasteiger partial charge in [-0.3, -0.25) is 19.6 Å². The fourth-order valence-corrected chi connectivity index (χ4v) is 4.61. The number of pyridine rings is 1. The second kappa shape index (κ2) is 10.9. The number of carbonyl (C=O) groups is 1. The summed E-state index contributed by atoms with van der Waals surface area (Å²) in [5.41, 5.74) is 1.34. The third-order valence-electron chi connectivity index (χ3n) is 6.29. The molecular formula is C22H36N4O2. The molecule has 1 atom stereocenters. The van der Waals surface area contributed by atoms with Gasteiger partial charge in [-0.25, -0.2) is 0 Å². The van der Waals surface area contributed by atoms with Gasteiger partial charge in [0.15, 0.2) is 0 Å². The largest absolute Gasteiger partial charge is 0.383 e. The molecular weight excluding hydrogens is 352 g/mol. The van der Waals surface area contributed by atoms with Crippen molar-refractivity contribution in [3.63, 3.8) is 0 Å². The molecule has 1 aromatic rings. The summed E-state index contributed by atoms with van der Waals surface area (Å²) in [5.74, 6) is 0.472. The van der Waals surface area contributed by atoms with Crippen molar-refractivity contribution in [2.24, 2.45) is 5.92 Å². The smallest absolute Gasteiger partial charge is 0.227 e. The minimum absolute atomic E-state index is 0.153. The summed E-state index contributed by atoms with van der Waals surface area (Å²) < 4.78 is 5.17. The SMILES string of the molecule is CCN(CCOC)C(=O)[C@H]1CCCN(C2CCN(Cc3ccncc3)CC2)C1. The zero-order valence-corrected chi connectivity index (χ0v) is 17.6. The van der Waals surface area contributed by atoms with Crippen molar-refractivity contribution in [3.8, 4) is 0 Å². The molecule has 0 saturated carbocycles. The molecule has 3 rings (SSSR count). The zero-order chi connectivity index (χ0) is 19.8. The molecule has 0 bridgehead atoms. The van der Waals surface area contributed by atoms with E-state index in [1.807, 2.05) is 17.3 Å². The highest BCUT2D eigenvalue weighted by Gasteiger charge is 2.33. The average molecular weight is 389 g/mol. The first-order valence-electron chi connectivity index (χ1n) is 10.8. The predicted octanol–water partition coefficient (Wildman–Crippen LogP) is 2.25. The van der Waals surface area contributed by atoms with Crippen molar-refractivity contribution in [2.75, 3.05) is 53.0 Å². The molecule has 3 heterocycles. The monoisotopic (exact) mass is 388 g/mol. The van der Waals surface area contributed by atoms with Crippen LogP contribution in [0.25, 0.3) is 0 Å². The van der Waals surface area contributed by atoms with Gasteiger partial charge in [-0.05, 0) is 69.9 Å². The third kappa shape index (κ3) is 5.75. The second-order valence-corrected chi connectivity index (χ2v) is 8.11. The van der Waals surface area contributed by atoms with Gasteiger partial charge in [-0.15, -0.1) is 0 Å². The lowest BCUT2D eigenvalue weighted by Crippen LogP contribution is -2.51. The summed E-state index contributed by atoms with van der Waals surface area (Å²) in [6.45, 7) is 9.51. The molecule has 0 spiro atoms. The molecule has 28 heavy (non-hydrogen) atoms. The maximum absolute atomic E-state index is 12.9. The standard InChI is InChI=1S/C22H36N4O2/c1-3-25(15-16-28-2)22(27)20-5-4-12-26(18-20)21-8-13-24(14-9-21)17-19-6-10-23-11-7-19/h6-7,10-11,20-21H,3-5,8-9,12-18H2,1-2H3/t20-/m0/s1. The quantitative estimate of drug-likeness (QED) is 0.684. The minimum atomic E-state index is 0.153. The molecule has 0 radical (unpaired) electrons. The summed E-state index contributed by atoms with van der Waals surface area (Å²) in [7, 11) is 1.70. The number of hydrogen-bond donors (Lipinski definition) is 0. The second-order valence-electron chi connectivity index (χ2n) is 8.11. The Labute approximate surface area is 169 Å². The molecule has 6 nitrogen and oxygen atoms in total. The van der Waals surface area contributed by atoms with Crippen molar-refractivity contribution in [1.29, 1.82) is 0 Å². The number of hydrogen-bond acceptors (Lipinski definition) is 5. The minimum Gasteiger partial charge on any atom is -0.383 e. The predicted molar refractivity (Wildman–Crippen MR) is 111 cm³/mol. The molecule has 0 aromatic carbocycles. The molecule has 2 aliphatic rings. The van der Waals surface area contributed by atoms with Gasteiger partial charge >= 0.3 is 0 Å². The number of ether oxygens (including phenoxy) is 1. The van der Waals surface area contributed by atoms with Crippen LogP contribution in [0, 0.1) is 5.92 Å². The molecule has 1 amide bonds. The van der Waals surface area contributed by atoms with Gasteiger partial charge in [0, 0.05) is 51.7 Å². The fraction of sp³-hybridized carbons (Fsp3) is 0.727. The Hall–Kier alpha value is -1.50. The van der Waals surface area contributed by atoms with Crippen molar-refractivity contribution in [3.05, 3.63) is 30.1 Å². The third-order valence-corrected chi connectivity index (χ3v) is 6.29. The lowest BCUT2D eigenvalue weighted by atomic mass is 9.92. The van der Waals surface area contributed by atoms with E-state index in [2.05, 4.69) is 33.8 Å². The maximum atomic E-state index is 12.9. The summed E-state index contributed by atoms with van der Waals surface area (Å²) in [5, 5.41) is 0. The van der Waals surface area contributed by atoms with Crippen LogP contribution in [0.15, 0.2) is 24.5 Å². The molecule has 0 unspecified atom stereocenters. The van der Waals surface area contributed by atoms with E-state index in [4.69, 9.17) is 4.74 Å². The van der Waals surface area contributed by atoms with Gasteiger partial charge in [-0.2, -0.15) is 0 Å². The molecule has 2 saturated heterocycles. The van der Waals surface area contributed by atoms with Gasteiger partial charge in [0.25, 0.3) is 0 Å². The maximum Gasteiger partial charge on any atom is 0.227 e. The van der Waals surface area contributed by atoms with E-state index >= 15 is 0 Å². The lowest BCUT2D eigenvalue weighted by Gasteiger charge is -2.42. The molecule has 0 N–H and O–H groups in total. The number of piperidine rings is 2.